The summed E-state index contributed by atoms with van der Waals surface area (Å²) in [6.07, 6.45) is 1.78. The Labute approximate surface area is 107 Å². The van der Waals surface area contributed by atoms with Crippen molar-refractivity contribution in [1.82, 2.24) is 14.8 Å². The van der Waals surface area contributed by atoms with E-state index in [1.807, 2.05) is 35.0 Å². The van der Waals surface area contributed by atoms with E-state index in [-0.39, 0.29) is 0 Å². The molecule has 17 heavy (non-hydrogen) atoms. The second-order valence-corrected chi connectivity index (χ2v) is 4.56. The van der Waals surface area contributed by atoms with Crippen molar-refractivity contribution < 1.29 is 0 Å². The van der Waals surface area contributed by atoms with E-state index in [2.05, 4.69) is 38.1 Å². The number of aromatic nitrogens is 3. The second-order valence-electron chi connectivity index (χ2n) is 3.81. The van der Waals surface area contributed by atoms with Gasteiger partial charge in [0.25, 0.3) is 0 Å². The van der Waals surface area contributed by atoms with Crippen molar-refractivity contribution in [2.24, 2.45) is 0 Å². The minimum Gasteiger partial charge on any atom is -0.258 e. The lowest BCUT2D eigenvalue weighted by Crippen LogP contribution is -2.01. The minimum absolute atomic E-state index is 0.759. The lowest BCUT2D eigenvalue weighted by molar-refractivity contribution is 0.706. The Hall–Kier alpha value is -1.68. The van der Waals surface area contributed by atoms with E-state index in [0.29, 0.717) is 0 Å². The summed E-state index contributed by atoms with van der Waals surface area (Å²) in [5, 5.41) is 4.46. The summed E-state index contributed by atoms with van der Waals surface area (Å²) in [6.45, 7) is 0.759. The zero-order chi connectivity index (χ0) is 11.7. The molecule has 0 bridgehead atoms. The van der Waals surface area contributed by atoms with Crippen LogP contribution in [0.25, 0.3) is 11.0 Å². The third-order valence-electron chi connectivity index (χ3n) is 2.64. The number of fused-ring (bicyclic) bond motifs is 1. The van der Waals surface area contributed by atoms with Gasteiger partial charge < -0.3 is 0 Å². The topological polar surface area (TPSA) is 30.7 Å². The maximum atomic E-state index is 4.46. The quantitative estimate of drug-likeness (QED) is 0.724. The molecular formula is C13H10BrN3. The van der Waals surface area contributed by atoms with Crippen LogP contribution in [0.4, 0.5) is 0 Å². The van der Waals surface area contributed by atoms with Crippen LogP contribution in [0.2, 0.25) is 0 Å². The molecule has 0 saturated heterocycles. The highest BCUT2D eigenvalue weighted by Crippen LogP contribution is 2.21. The number of hydrogen-bond donors (Lipinski definition) is 0. The van der Waals surface area contributed by atoms with Gasteiger partial charge in [0.15, 0.2) is 4.60 Å². The Morgan fingerprint density at radius 1 is 1.06 bits per heavy atom. The van der Waals surface area contributed by atoms with Gasteiger partial charge in [0.2, 0.25) is 0 Å². The van der Waals surface area contributed by atoms with Gasteiger partial charge in [-0.2, -0.15) is 5.10 Å². The zero-order valence-corrected chi connectivity index (χ0v) is 10.6. The summed E-state index contributed by atoms with van der Waals surface area (Å²) in [5.74, 6) is 0. The average molecular weight is 288 g/mol. The molecule has 0 atom stereocenters. The summed E-state index contributed by atoms with van der Waals surface area (Å²) in [5.41, 5.74) is 3.18. The van der Waals surface area contributed by atoms with Gasteiger partial charge in [-0.05, 0) is 33.6 Å². The van der Waals surface area contributed by atoms with Crippen molar-refractivity contribution >= 4 is 27.0 Å². The first kappa shape index (κ1) is 10.5. The average Bonchev–Trinajstić information content (AvgIpc) is 2.69. The summed E-state index contributed by atoms with van der Waals surface area (Å²) in [6, 6.07) is 14.2. The van der Waals surface area contributed by atoms with Crippen LogP contribution in [-0.4, -0.2) is 14.8 Å². The highest BCUT2D eigenvalue weighted by atomic mass is 79.9. The van der Waals surface area contributed by atoms with Crippen molar-refractivity contribution in [3.05, 3.63) is 58.8 Å². The summed E-state index contributed by atoms with van der Waals surface area (Å²) >= 11 is 3.44. The van der Waals surface area contributed by atoms with Gasteiger partial charge in [-0.15, -0.1) is 0 Å². The number of hydrogen-bond acceptors (Lipinski definition) is 2. The molecular weight excluding hydrogens is 278 g/mol. The third kappa shape index (κ3) is 1.96. The van der Waals surface area contributed by atoms with Crippen LogP contribution < -0.4 is 0 Å². The van der Waals surface area contributed by atoms with Crippen LogP contribution in [0, 0.1) is 0 Å². The van der Waals surface area contributed by atoms with Crippen LogP contribution in [0.15, 0.2) is 53.3 Å². The molecule has 0 saturated carbocycles. The van der Waals surface area contributed by atoms with E-state index in [4.69, 9.17) is 0 Å². The van der Waals surface area contributed by atoms with E-state index in [0.717, 1.165) is 22.2 Å². The van der Waals surface area contributed by atoms with E-state index >= 15 is 0 Å². The summed E-state index contributed by atoms with van der Waals surface area (Å²) in [4.78, 5) is 4.31. The number of benzene rings is 1. The number of halogens is 1. The summed E-state index contributed by atoms with van der Waals surface area (Å²) in [7, 11) is 0. The number of nitrogens with zero attached hydrogens (tertiary/aromatic N) is 3. The largest absolute Gasteiger partial charge is 0.258 e. The summed E-state index contributed by atoms with van der Waals surface area (Å²) < 4.78 is 2.76. The minimum atomic E-state index is 0.759. The predicted molar refractivity (Wildman–Crippen MR) is 70.8 cm³/mol. The van der Waals surface area contributed by atoms with Crippen molar-refractivity contribution in [2.45, 2.75) is 6.54 Å². The lowest BCUT2D eigenvalue weighted by Gasteiger charge is -2.02. The van der Waals surface area contributed by atoms with E-state index < -0.39 is 0 Å². The fourth-order valence-corrected chi connectivity index (χ4v) is 2.35. The predicted octanol–water partition coefficient (Wildman–Crippen LogP) is 3.24. The Bertz CT molecular complexity index is 646. The molecule has 4 heteroatoms. The maximum Gasteiger partial charge on any atom is 0.154 e. The molecule has 0 aliphatic heterocycles. The van der Waals surface area contributed by atoms with E-state index in [1.165, 1.54) is 5.56 Å². The standard InChI is InChI=1S/C13H10BrN3/c14-13-12-11(7-4-8-15-12)17(16-13)9-10-5-2-1-3-6-10/h1-8H,9H2. The van der Waals surface area contributed by atoms with Gasteiger partial charge >= 0.3 is 0 Å². The van der Waals surface area contributed by atoms with Gasteiger partial charge in [-0.3, -0.25) is 9.67 Å². The van der Waals surface area contributed by atoms with Crippen LogP contribution in [0.3, 0.4) is 0 Å². The van der Waals surface area contributed by atoms with Gasteiger partial charge in [0.05, 0.1) is 12.1 Å². The van der Waals surface area contributed by atoms with Crippen LogP contribution >= 0.6 is 15.9 Å². The Balaban J connectivity index is 2.07. The Morgan fingerprint density at radius 3 is 2.71 bits per heavy atom. The first-order valence-electron chi connectivity index (χ1n) is 5.35. The van der Waals surface area contributed by atoms with Gasteiger partial charge in [0, 0.05) is 6.20 Å². The normalized spacial score (nSPS) is 10.9. The smallest absolute Gasteiger partial charge is 0.154 e. The monoisotopic (exact) mass is 287 g/mol. The van der Waals surface area contributed by atoms with E-state index in [1.54, 1.807) is 6.20 Å². The fourth-order valence-electron chi connectivity index (χ4n) is 1.85. The molecule has 0 fully saturated rings. The Kier molecular flexibility index (Phi) is 2.65. The van der Waals surface area contributed by atoms with Crippen molar-refractivity contribution in [3.8, 4) is 0 Å². The Morgan fingerprint density at radius 2 is 1.88 bits per heavy atom. The van der Waals surface area contributed by atoms with Gasteiger partial charge in [-0.1, -0.05) is 30.3 Å². The third-order valence-corrected chi connectivity index (χ3v) is 3.18. The number of rotatable bonds is 2. The van der Waals surface area contributed by atoms with Gasteiger partial charge in [-0.25, -0.2) is 0 Å². The number of pyridine rings is 1. The molecule has 3 aromatic rings. The van der Waals surface area contributed by atoms with Crippen LogP contribution in [0.5, 0.6) is 0 Å². The van der Waals surface area contributed by atoms with Crippen LogP contribution in [0.1, 0.15) is 5.56 Å². The second kappa shape index (κ2) is 4.30. The highest BCUT2D eigenvalue weighted by molar-refractivity contribution is 9.10. The SMILES string of the molecule is Brc1nn(Cc2ccccc2)c2cccnc12. The van der Waals surface area contributed by atoms with Crippen molar-refractivity contribution in [1.29, 1.82) is 0 Å². The maximum absolute atomic E-state index is 4.46. The molecule has 0 aliphatic rings. The molecule has 1 aromatic carbocycles. The lowest BCUT2D eigenvalue weighted by atomic mass is 10.2. The molecule has 2 heterocycles. The first-order chi connectivity index (χ1) is 8.34. The van der Waals surface area contributed by atoms with Crippen molar-refractivity contribution in [3.63, 3.8) is 0 Å². The fraction of sp³-hybridized carbons (Fsp3) is 0.0769. The molecule has 0 N–H and O–H groups in total. The molecule has 0 radical (unpaired) electrons. The molecule has 84 valence electrons. The highest BCUT2D eigenvalue weighted by Gasteiger charge is 2.08. The molecule has 0 unspecified atom stereocenters. The molecule has 0 aliphatic carbocycles. The molecule has 0 spiro atoms. The molecule has 0 amide bonds. The van der Waals surface area contributed by atoms with Crippen molar-refractivity contribution in [2.75, 3.05) is 0 Å². The van der Waals surface area contributed by atoms with E-state index in [9.17, 15) is 0 Å². The van der Waals surface area contributed by atoms with Gasteiger partial charge in [0.1, 0.15) is 5.52 Å². The van der Waals surface area contributed by atoms with Crippen LogP contribution in [-0.2, 0) is 6.54 Å². The zero-order valence-electron chi connectivity index (χ0n) is 9.05. The first-order valence-corrected chi connectivity index (χ1v) is 6.15. The molecule has 3 rings (SSSR count). The molecule has 2 aromatic heterocycles. The molecule has 3 nitrogen and oxygen atoms in total.